The number of rotatable bonds is 5. The smallest absolute Gasteiger partial charge is 0.251 e. The highest BCUT2D eigenvalue weighted by Gasteiger charge is 2.32. The highest BCUT2D eigenvalue weighted by Crippen LogP contribution is 2.17. The van der Waals surface area contributed by atoms with Crippen molar-refractivity contribution < 1.29 is 19.4 Å². The van der Waals surface area contributed by atoms with E-state index in [2.05, 4.69) is 5.32 Å². The van der Waals surface area contributed by atoms with E-state index in [1.54, 1.807) is 13.2 Å². The number of amides is 1. The Balaban J connectivity index is 1.99. The number of carbonyl (C=O) groups excluding carboxylic acids is 1. The molecule has 1 aliphatic rings. The summed E-state index contributed by atoms with van der Waals surface area (Å²) >= 11 is 0. The number of benzene rings is 1. The first kappa shape index (κ1) is 14.0. The van der Waals surface area contributed by atoms with Gasteiger partial charge in [-0.1, -0.05) is 18.2 Å². The van der Waals surface area contributed by atoms with Crippen molar-refractivity contribution in [2.45, 2.75) is 18.6 Å². The van der Waals surface area contributed by atoms with Gasteiger partial charge in [-0.2, -0.15) is 0 Å². The van der Waals surface area contributed by atoms with Crippen LogP contribution in [0.1, 0.15) is 22.3 Å². The second kappa shape index (κ2) is 6.14. The second-order valence-corrected chi connectivity index (χ2v) is 4.80. The highest BCUT2D eigenvalue weighted by molar-refractivity contribution is 5.95. The van der Waals surface area contributed by atoms with E-state index in [4.69, 9.17) is 9.47 Å². The largest absolute Gasteiger partial charge is 0.386 e. The molecule has 5 heteroatoms. The molecule has 0 saturated carbocycles. The molecule has 1 amide bonds. The maximum absolute atomic E-state index is 12.1. The molecule has 2 N–H and O–H groups in total. The van der Waals surface area contributed by atoms with Crippen molar-refractivity contribution in [2.24, 2.45) is 0 Å². The van der Waals surface area contributed by atoms with E-state index in [-0.39, 0.29) is 19.1 Å². The summed E-state index contributed by atoms with van der Waals surface area (Å²) < 4.78 is 10.2. The van der Waals surface area contributed by atoms with E-state index in [0.717, 1.165) is 5.56 Å². The minimum Gasteiger partial charge on any atom is -0.386 e. The zero-order chi connectivity index (χ0) is 13.7. The number of hydrogen-bond donors (Lipinski definition) is 2. The molecule has 19 heavy (non-hydrogen) atoms. The maximum Gasteiger partial charge on any atom is 0.251 e. The van der Waals surface area contributed by atoms with Crippen LogP contribution in [0.2, 0.25) is 0 Å². The summed E-state index contributed by atoms with van der Waals surface area (Å²) in [6.07, 6.45) is 0.549. The monoisotopic (exact) mass is 265 g/mol. The molecule has 1 atom stereocenters. The second-order valence-electron chi connectivity index (χ2n) is 4.80. The van der Waals surface area contributed by atoms with Gasteiger partial charge in [0.25, 0.3) is 5.91 Å². The summed E-state index contributed by atoms with van der Waals surface area (Å²) in [4.78, 5) is 12.1. The minimum absolute atomic E-state index is 0.201. The van der Waals surface area contributed by atoms with Crippen molar-refractivity contribution in [1.82, 2.24) is 5.32 Å². The predicted molar refractivity (Wildman–Crippen MR) is 69.9 cm³/mol. The molecule has 1 aliphatic heterocycles. The lowest BCUT2D eigenvalue weighted by Crippen LogP contribution is -2.43. The molecule has 0 bridgehead atoms. The Morgan fingerprint density at radius 3 is 3.00 bits per heavy atom. The molecule has 2 rings (SSSR count). The molecule has 1 fully saturated rings. The van der Waals surface area contributed by atoms with Gasteiger partial charge in [0, 0.05) is 32.2 Å². The molecule has 0 radical (unpaired) electrons. The van der Waals surface area contributed by atoms with Gasteiger partial charge in [0.2, 0.25) is 0 Å². The summed E-state index contributed by atoms with van der Waals surface area (Å²) in [5, 5.41) is 12.9. The summed E-state index contributed by atoms with van der Waals surface area (Å²) in [6.45, 7) is 1.39. The molecule has 1 heterocycles. The van der Waals surface area contributed by atoms with Crippen LogP contribution in [0.3, 0.4) is 0 Å². The van der Waals surface area contributed by atoms with Crippen LogP contribution in [-0.2, 0) is 16.1 Å². The fraction of sp³-hybridized carbons (Fsp3) is 0.500. The minimum atomic E-state index is -0.939. The van der Waals surface area contributed by atoms with E-state index < -0.39 is 5.60 Å². The first-order valence-electron chi connectivity index (χ1n) is 6.30. The van der Waals surface area contributed by atoms with Gasteiger partial charge >= 0.3 is 0 Å². The van der Waals surface area contributed by atoms with E-state index in [9.17, 15) is 9.90 Å². The van der Waals surface area contributed by atoms with Crippen LogP contribution in [0.5, 0.6) is 0 Å². The van der Waals surface area contributed by atoms with E-state index >= 15 is 0 Å². The molecule has 0 aliphatic carbocycles. The number of methoxy groups -OCH3 is 1. The van der Waals surface area contributed by atoms with Crippen LogP contribution >= 0.6 is 0 Å². The molecule has 0 spiro atoms. The Morgan fingerprint density at radius 2 is 2.32 bits per heavy atom. The molecule has 1 unspecified atom stereocenters. The van der Waals surface area contributed by atoms with Crippen molar-refractivity contribution in [3.05, 3.63) is 35.4 Å². The summed E-state index contributed by atoms with van der Waals surface area (Å²) in [7, 11) is 1.59. The Morgan fingerprint density at radius 1 is 1.53 bits per heavy atom. The summed E-state index contributed by atoms with van der Waals surface area (Å²) in [5.74, 6) is -0.201. The van der Waals surface area contributed by atoms with Crippen molar-refractivity contribution in [3.63, 3.8) is 0 Å². The van der Waals surface area contributed by atoms with Gasteiger partial charge in [-0.15, -0.1) is 0 Å². The van der Waals surface area contributed by atoms with Gasteiger partial charge in [-0.3, -0.25) is 4.79 Å². The Kier molecular flexibility index (Phi) is 4.52. The Bertz CT molecular complexity index is 441. The highest BCUT2D eigenvalue weighted by atomic mass is 16.5. The number of aliphatic hydroxyl groups is 1. The van der Waals surface area contributed by atoms with Crippen LogP contribution in [0.25, 0.3) is 0 Å². The van der Waals surface area contributed by atoms with Crippen LogP contribution in [0, 0.1) is 0 Å². The van der Waals surface area contributed by atoms with Crippen LogP contribution < -0.4 is 5.32 Å². The lowest BCUT2D eigenvalue weighted by molar-refractivity contribution is 0.0264. The predicted octanol–water partition coefficient (Wildman–Crippen LogP) is 0.714. The normalized spacial score (nSPS) is 22.4. The molecule has 5 nitrogen and oxygen atoms in total. The average molecular weight is 265 g/mol. The van der Waals surface area contributed by atoms with Crippen molar-refractivity contribution in [2.75, 3.05) is 26.9 Å². The quantitative estimate of drug-likeness (QED) is 0.823. The van der Waals surface area contributed by atoms with Crippen molar-refractivity contribution in [3.8, 4) is 0 Å². The van der Waals surface area contributed by atoms with Crippen LogP contribution in [0.4, 0.5) is 0 Å². The molecule has 0 aromatic heterocycles. The summed E-state index contributed by atoms with van der Waals surface area (Å²) in [6, 6.07) is 7.27. The van der Waals surface area contributed by atoms with Gasteiger partial charge < -0.3 is 19.9 Å². The third-order valence-electron chi connectivity index (χ3n) is 3.22. The lowest BCUT2D eigenvalue weighted by atomic mass is 10.0. The van der Waals surface area contributed by atoms with Crippen LogP contribution in [0.15, 0.2) is 24.3 Å². The first-order chi connectivity index (χ1) is 9.14. The van der Waals surface area contributed by atoms with E-state index in [0.29, 0.717) is 25.2 Å². The van der Waals surface area contributed by atoms with Gasteiger partial charge in [-0.05, 0) is 11.6 Å². The molecular formula is C14H19NO4. The zero-order valence-corrected chi connectivity index (χ0v) is 11.0. The topological polar surface area (TPSA) is 67.8 Å². The van der Waals surface area contributed by atoms with Gasteiger partial charge in [0.1, 0.15) is 5.60 Å². The molecule has 1 aromatic carbocycles. The Labute approximate surface area is 112 Å². The molecular weight excluding hydrogens is 246 g/mol. The van der Waals surface area contributed by atoms with Crippen LogP contribution in [-0.4, -0.2) is 43.5 Å². The van der Waals surface area contributed by atoms with Gasteiger partial charge in [0.15, 0.2) is 0 Å². The fourth-order valence-corrected chi connectivity index (χ4v) is 2.10. The third kappa shape index (κ3) is 3.53. The maximum atomic E-state index is 12.1. The number of nitrogens with one attached hydrogen (secondary N) is 1. The number of carbonyl (C=O) groups is 1. The van der Waals surface area contributed by atoms with Crippen molar-refractivity contribution >= 4 is 5.91 Å². The Hall–Kier alpha value is -1.43. The molecule has 1 aromatic rings. The lowest BCUT2D eigenvalue weighted by Gasteiger charge is -2.21. The van der Waals surface area contributed by atoms with Gasteiger partial charge in [0.05, 0.1) is 13.2 Å². The van der Waals surface area contributed by atoms with Gasteiger partial charge in [-0.25, -0.2) is 0 Å². The van der Waals surface area contributed by atoms with E-state index in [1.807, 2.05) is 18.2 Å². The SMILES string of the molecule is COCc1ccccc1C(=O)NCC1(O)CCOC1. The zero-order valence-electron chi connectivity index (χ0n) is 11.0. The van der Waals surface area contributed by atoms with Crippen molar-refractivity contribution in [1.29, 1.82) is 0 Å². The molecule has 1 saturated heterocycles. The third-order valence-corrected chi connectivity index (χ3v) is 3.22. The molecule has 104 valence electrons. The average Bonchev–Trinajstić information content (AvgIpc) is 2.85. The summed E-state index contributed by atoms with van der Waals surface area (Å²) in [5.41, 5.74) is 0.468. The first-order valence-corrected chi connectivity index (χ1v) is 6.30. The number of ether oxygens (including phenoxy) is 2. The number of hydrogen-bond acceptors (Lipinski definition) is 4. The standard InChI is InChI=1S/C14H19NO4/c1-18-8-11-4-2-3-5-12(11)13(16)15-9-14(17)6-7-19-10-14/h2-5,17H,6-10H2,1H3,(H,15,16). The van der Waals surface area contributed by atoms with E-state index in [1.165, 1.54) is 0 Å². The fourth-order valence-electron chi connectivity index (χ4n) is 2.10.